The van der Waals surface area contributed by atoms with Crippen LogP contribution in [0.5, 0.6) is 0 Å². The first-order chi connectivity index (χ1) is 8.39. The lowest BCUT2D eigenvalue weighted by molar-refractivity contribution is 0.0730. The van der Waals surface area contributed by atoms with Crippen LogP contribution >= 0.6 is 10.7 Å². The molecule has 0 saturated heterocycles. The molecule has 0 bridgehead atoms. The third-order valence-corrected chi connectivity index (χ3v) is 4.69. The summed E-state index contributed by atoms with van der Waals surface area (Å²) in [5, 5.41) is 0. The summed E-state index contributed by atoms with van der Waals surface area (Å²) >= 11 is 0. The van der Waals surface area contributed by atoms with Gasteiger partial charge in [-0.05, 0) is 18.9 Å². The fourth-order valence-electron chi connectivity index (χ4n) is 2.29. The summed E-state index contributed by atoms with van der Waals surface area (Å²) in [6.07, 6.45) is 5.51. The van der Waals surface area contributed by atoms with Gasteiger partial charge in [-0.15, -0.1) is 0 Å². The average molecular weight is 291 g/mol. The van der Waals surface area contributed by atoms with Crippen molar-refractivity contribution < 1.29 is 13.2 Å². The fraction of sp³-hybridized carbons (Fsp3) is 0.545. The van der Waals surface area contributed by atoms with Crippen molar-refractivity contribution in [3.05, 3.63) is 18.0 Å². The predicted molar refractivity (Wildman–Crippen MR) is 68.2 cm³/mol. The minimum absolute atomic E-state index is 0.0765. The molecule has 1 heterocycles. The van der Waals surface area contributed by atoms with Gasteiger partial charge >= 0.3 is 0 Å². The number of H-pyrrole nitrogens is 1. The molecule has 1 aliphatic rings. The zero-order valence-electron chi connectivity index (χ0n) is 10.0. The number of halogens is 1. The van der Waals surface area contributed by atoms with Gasteiger partial charge in [-0.25, -0.2) is 8.42 Å². The third kappa shape index (κ3) is 2.70. The highest BCUT2D eigenvalue weighted by atomic mass is 35.7. The van der Waals surface area contributed by atoms with Gasteiger partial charge in [0, 0.05) is 30.0 Å². The number of amides is 1. The van der Waals surface area contributed by atoms with Crippen LogP contribution in [0.2, 0.25) is 0 Å². The van der Waals surface area contributed by atoms with E-state index in [4.69, 9.17) is 10.7 Å². The Morgan fingerprint density at radius 2 is 2.06 bits per heavy atom. The van der Waals surface area contributed by atoms with E-state index in [9.17, 15) is 13.2 Å². The summed E-state index contributed by atoms with van der Waals surface area (Å²) in [6.45, 7) is 0. The van der Waals surface area contributed by atoms with Crippen molar-refractivity contribution in [3.63, 3.8) is 0 Å². The molecule has 0 radical (unpaired) electrons. The van der Waals surface area contributed by atoms with Crippen LogP contribution in [-0.2, 0) is 9.05 Å². The molecular formula is C11H15ClN2O3S. The second-order valence-electron chi connectivity index (χ2n) is 4.54. The first kappa shape index (κ1) is 13.4. The van der Waals surface area contributed by atoms with Gasteiger partial charge in [-0.3, -0.25) is 4.79 Å². The lowest BCUT2D eigenvalue weighted by atomic mass is 10.2. The maximum absolute atomic E-state index is 12.1. The highest BCUT2D eigenvalue weighted by Gasteiger charge is 2.25. The van der Waals surface area contributed by atoms with E-state index in [2.05, 4.69) is 4.98 Å². The third-order valence-electron chi connectivity index (χ3n) is 3.36. The Morgan fingerprint density at radius 3 is 2.56 bits per heavy atom. The molecule has 0 aliphatic heterocycles. The van der Waals surface area contributed by atoms with Crippen LogP contribution in [0.4, 0.5) is 0 Å². The largest absolute Gasteiger partial charge is 0.356 e. The number of carbonyl (C=O) groups excluding carboxylic acids is 1. The van der Waals surface area contributed by atoms with E-state index in [0.717, 1.165) is 25.7 Å². The average Bonchev–Trinajstić information content (AvgIpc) is 2.96. The van der Waals surface area contributed by atoms with Crippen LogP contribution in [0.25, 0.3) is 0 Å². The second kappa shape index (κ2) is 4.93. The number of nitrogens with zero attached hydrogens (tertiary/aromatic N) is 1. The van der Waals surface area contributed by atoms with Crippen LogP contribution in [0.15, 0.2) is 17.2 Å². The quantitative estimate of drug-likeness (QED) is 0.865. The van der Waals surface area contributed by atoms with Crippen LogP contribution in [0.1, 0.15) is 36.2 Å². The van der Waals surface area contributed by atoms with Gasteiger partial charge in [0.25, 0.3) is 15.0 Å². The van der Waals surface area contributed by atoms with Crippen molar-refractivity contribution in [1.29, 1.82) is 0 Å². The lowest BCUT2D eigenvalue weighted by Gasteiger charge is -2.23. The summed E-state index contributed by atoms with van der Waals surface area (Å²) in [5.74, 6) is -0.200. The fourth-order valence-corrected chi connectivity index (χ4v) is 3.01. The normalized spacial score (nSPS) is 17.0. The standard InChI is InChI=1S/C11H15ClN2O3S/c1-14(8-4-2-3-5-8)11(15)10-6-9(7-13-10)18(12,16)17/h6-8,13H,2-5H2,1H3. The Hall–Kier alpha value is -1.01. The number of aromatic nitrogens is 1. The molecule has 1 aliphatic carbocycles. The Kier molecular flexibility index (Phi) is 3.68. The first-order valence-electron chi connectivity index (χ1n) is 5.80. The summed E-state index contributed by atoms with van der Waals surface area (Å²) in [4.78, 5) is 16.4. The molecule has 2 rings (SSSR count). The Morgan fingerprint density at radius 1 is 1.44 bits per heavy atom. The SMILES string of the molecule is CN(C(=O)c1cc(S(=O)(=O)Cl)c[nH]1)C1CCCC1. The molecule has 1 fully saturated rings. The molecule has 7 heteroatoms. The summed E-state index contributed by atoms with van der Waals surface area (Å²) in [7, 11) is 3.16. The molecule has 0 spiro atoms. The molecule has 1 aromatic heterocycles. The second-order valence-corrected chi connectivity index (χ2v) is 7.11. The molecule has 1 aromatic rings. The van der Waals surface area contributed by atoms with Gasteiger partial charge in [-0.2, -0.15) is 0 Å². The molecule has 1 N–H and O–H groups in total. The molecule has 1 saturated carbocycles. The van der Waals surface area contributed by atoms with Crippen molar-refractivity contribution >= 4 is 25.6 Å². The number of hydrogen-bond donors (Lipinski definition) is 1. The van der Waals surface area contributed by atoms with E-state index in [-0.39, 0.29) is 22.5 Å². The number of carbonyl (C=O) groups is 1. The topological polar surface area (TPSA) is 70.2 Å². The van der Waals surface area contributed by atoms with E-state index in [1.165, 1.54) is 12.3 Å². The van der Waals surface area contributed by atoms with Gasteiger partial charge in [0.2, 0.25) is 0 Å². The molecule has 0 atom stereocenters. The zero-order valence-corrected chi connectivity index (χ0v) is 11.6. The van der Waals surface area contributed by atoms with Crippen molar-refractivity contribution in [2.75, 3.05) is 7.05 Å². The Labute approximate surface area is 111 Å². The molecule has 5 nitrogen and oxygen atoms in total. The molecule has 0 unspecified atom stereocenters. The van der Waals surface area contributed by atoms with Crippen LogP contribution in [0, 0.1) is 0 Å². The minimum Gasteiger partial charge on any atom is -0.356 e. The monoisotopic (exact) mass is 290 g/mol. The van der Waals surface area contributed by atoms with Crippen LogP contribution in [0.3, 0.4) is 0 Å². The van der Waals surface area contributed by atoms with Crippen molar-refractivity contribution in [1.82, 2.24) is 9.88 Å². The molecule has 0 aromatic carbocycles. The van der Waals surface area contributed by atoms with E-state index in [1.807, 2.05) is 0 Å². The lowest BCUT2D eigenvalue weighted by Crippen LogP contribution is -2.35. The van der Waals surface area contributed by atoms with E-state index < -0.39 is 9.05 Å². The summed E-state index contributed by atoms with van der Waals surface area (Å²) < 4.78 is 22.2. The van der Waals surface area contributed by atoms with Gasteiger partial charge in [0.15, 0.2) is 0 Å². The van der Waals surface area contributed by atoms with Gasteiger partial charge in [0.1, 0.15) is 10.6 Å². The molecule has 1 amide bonds. The Balaban J connectivity index is 2.16. The predicted octanol–water partition coefficient (Wildman–Crippen LogP) is 1.96. The summed E-state index contributed by atoms with van der Waals surface area (Å²) in [6, 6.07) is 1.52. The summed E-state index contributed by atoms with van der Waals surface area (Å²) in [5.41, 5.74) is 0.253. The van der Waals surface area contributed by atoms with Gasteiger partial charge < -0.3 is 9.88 Å². The highest BCUT2D eigenvalue weighted by Crippen LogP contribution is 2.24. The van der Waals surface area contributed by atoms with Crippen molar-refractivity contribution in [3.8, 4) is 0 Å². The van der Waals surface area contributed by atoms with E-state index in [1.54, 1.807) is 11.9 Å². The molecule has 100 valence electrons. The maximum Gasteiger partial charge on any atom is 0.270 e. The molecular weight excluding hydrogens is 276 g/mol. The minimum atomic E-state index is -3.79. The van der Waals surface area contributed by atoms with Crippen molar-refractivity contribution in [2.45, 2.75) is 36.6 Å². The number of aromatic amines is 1. The highest BCUT2D eigenvalue weighted by molar-refractivity contribution is 8.13. The van der Waals surface area contributed by atoms with Crippen LogP contribution in [-0.4, -0.2) is 37.3 Å². The Bertz CT molecular complexity index is 546. The van der Waals surface area contributed by atoms with Crippen molar-refractivity contribution in [2.24, 2.45) is 0 Å². The molecule has 18 heavy (non-hydrogen) atoms. The number of nitrogens with one attached hydrogen (secondary N) is 1. The smallest absolute Gasteiger partial charge is 0.270 e. The first-order valence-corrected chi connectivity index (χ1v) is 8.11. The van der Waals surface area contributed by atoms with Gasteiger partial charge in [-0.1, -0.05) is 12.8 Å². The van der Waals surface area contributed by atoms with Gasteiger partial charge in [0.05, 0.1) is 0 Å². The number of hydrogen-bond acceptors (Lipinski definition) is 3. The van der Waals surface area contributed by atoms with E-state index in [0.29, 0.717) is 0 Å². The number of rotatable bonds is 3. The van der Waals surface area contributed by atoms with E-state index >= 15 is 0 Å². The van der Waals surface area contributed by atoms with Crippen LogP contribution < -0.4 is 0 Å². The zero-order chi connectivity index (χ0) is 13.3. The maximum atomic E-state index is 12.1.